The number of carboxylic acid groups (broad SMARTS) is 1. The molecule has 1 aromatic heterocycles. The Balaban J connectivity index is 2.29. The molecule has 15 heteroatoms. The van der Waals surface area contributed by atoms with Crippen molar-refractivity contribution in [3.8, 4) is 0 Å². The van der Waals surface area contributed by atoms with E-state index in [0.29, 0.717) is 12.0 Å². The molecule has 2 rings (SSSR count). The van der Waals surface area contributed by atoms with Crippen molar-refractivity contribution < 1.29 is 29.1 Å². The summed E-state index contributed by atoms with van der Waals surface area (Å²) in [6.07, 6.45) is 1.64. The first-order valence-corrected chi connectivity index (χ1v) is 12.2. The second kappa shape index (κ2) is 14.9. The van der Waals surface area contributed by atoms with Gasteiger partial charge in [0.25, 0.3) is 0 Å². The van der Waals surface area contributed by atoms with E-state index in [1.54, 1.807) is 6.20 Å². The zero-order valence-electron chi connectivity index (χ0n) is 21.3. The molecule has 39 heavy (non-hydrogen) atoms. The minimum absolute atomic E-state index is 0.00466. The highest BCUT2D eigenvalue weighted by Crippen LogP contribution is 2.19. The number of carbonyl (C=O) groups excluding carboxylic acids is 4. The molecule has 212 valence electrons. The molecule has 3 atom stereocenters. The first-order chi connectivity index (χ1) is 18.5. The van der Waals surface area contributed by atoms with Crippen LogP contribution >= 0.6 is 0 Å². The zero-order chi connectivity index (χ0) is 28.9. The van der Waals surface area contributed by atoms with Crippen LogP contribution in [0.1, 0.15) is 31.2 Å². The van der Waals surface area contributed by atoms with E-state index in [0.717, 1.165) is 10.9 Å². The number of nitrogens with zero attached hydrogens (tertiary/aromatic N) is 1. The van der Waals surface area contributed by atoms with Gasteiger partial charge in [-0.05, 0) is 30.9 Å². The number of carboxylic acids is 1. The van der Waals surface area contributed by atoms with Crippen molar-refractivity contribution in [2.24, 2.45) is 27.9 Å². The summed E-state index contributed by atoms with van der Waals surface area (Å²) in [5.74, 6) is -4.29. The number of aromatic nitrogens is 1. The molecule has 0 radical (unpaired) electrons. The molecule has 15 nitrogen and oxygen atoms in total. The zero-order valence-corrected chi connectivity index (χ0v) is 21.3. The Morgan fingerprint density at radius 2 is 1.59 bits per heavy atom. The molecule has 0 aliphatic carbocycles. The maximum absolute atomic E-state index is 13.3. The molecule has 2 aromatic rings. The van der Waals surface area contributed by atoms with Gasteiger partial charge in [0.1, 0.15) is 18.1 Å². The number of guanidine groups is 1. The van der Waals surface area contributed by atoms with Crippen molar-refractivity contribution in [1.29, 1.82) is 0 Å². The third kappa shape index (κ3) is 9.96. The van der Waals surface area contributed by atoms with E-state index in [9.17, 15) is 29.1 Å². The predicted molar refractivity (Wildman–Crippen MR) is 143 cm³/mol. The van der Waals surface area contributed by atoms with Crippen LogP contribution in [0.15, 0.2) is 35.5 Å². The Morgan fingerprint density at radius 3 is 2.23 bits per heavy atom. The largest absolute Gasteiger partial charge is 0.480 e. The van der Waals surface area contributed by atoms with Gasteiger partial charge in [0, 0.05) is 36.5 Å². The highest BCUT2D eigenvalue weighted by Gasteiger charge is 2.30. The lowest BCUT2D eigenvalue weighted by molar-refractivity contribution is -0.142. The van der Waals surface area contributed by atoms with Crippen molar-refractivity contribution in [3.63, 3.8) is 0 Å². The van der Waals surface area contributed by atoms with Crippen molar-refractivity contribution >= 4 is 46.5 Å². The molecule has 1 heterocycles. The summed E-state index contributed by atoms with van der Waals surface area (Å²) < 4.78 is 0. The lowest BCUT2D eigenvalue weighted by Crippen LogP contribution is -2.56. The number of nitrogens with two attached hydrogens (primary N) is 4. The van der Waals surface area contributed by atoms with Gasteiger partial charge >= 0.3 is 5.97 Å². The van der Waals surface area contributed by atoms with E-state index >= 15 is 0 Å². The van der Waals surface area contributed by atoms with Crippen LogP contribution in [0.4, 0.5) is 0 Å². The van der Waals surface area contributed by atoms with Gasteiger partial charge in [-0.15, -0.1) is 0 Å². The minimum atomic E-state index is -1.42. The number of aliphatic carboxylic acids is 1. The summed E-state index contributed by atoms with van der Waals surface area (Å²) >= 11 is 0. The van der Waals surface area contributed by atoms with Crippen molar-refractivity contribution in [2.45, 2.75) is 50.2 Å². The lowest BCUT2D eigenvalue weighted by Gasteiger charge is -2.24. The molecule has 0 saturated carbocycles. The summed E-state index contributed by atoms with van der Waals surface area (Å²) in [4.78, 5) is 68.3. The third-order valence-electron chi connectivity index (χ3n) is 5.81. The SMILES string of the molecule is NCC(=O)NC(CCCN=C(N)N)C(=O)NC(Cc1c[nH]c2ccccc12)C(=O)NC(CCC(N)=O)C(=O)O. The van der Waals surface area contributed by atoms with Crippen LogP contribution in [0.5, 0.6) is 0 Å². The Hall–Kier alpha value is -4.66. The molecule has 1 aromatic carbocycles. The smallest absolute Gasteiger partial charge is 0.326 e. The number of H-pyrrole nitrogens is 1. The summed E-state index contributed by atoms with van der Waals surface area (Å²) in [5, 5.41) is 17.8. The van der Waals surface area contributed by atoms with Gasteiger partial charge in [-0.1, -0.05) is 18.2 Å². The molecule has 0 fully saturated rings. The summed E-state index contributed by atoms with van der Waals surface area (Å²) in [7, 11) is 0. The number of nitrogens with one attached hydrogen (secondary N) is 4. The maximum atomic E-state index is 13.3. The first-order valence-electron chi connectivity index (χ1n) is 12.2. The molecule has 0 aliphatic heterocycles. The van der Waals surface area contributed by atoms with Crippen LogP contribution in [-0.2, 0) is 30.4 Å². The van der Waals surface area contributed by atoms with E-state index in [-0.39, 0.29) is 44.7 Å². The van der Waals surface area contributed by atoms with E-state index in [2.05, 4.69) is 25.9 Å². The number of primary amides is 1. The minimum Gasteiger partial charge on any atom is -0.480 e. The quantitative estimate of drug-likeness (QED) is 0.0613. The predicted octanol–water partition coefficient (Wildman–Crippen LogP) is -2.47. The van der Waals surface area contributed by atoms with E-state index in [1.807, 2.05) is 24.3 Å². The molecule has 13 N–H and O–H groups in total. The Morgan fingerprint density at radius 1 is 0.923 bits per heavy atom. The second-order valence-corrected chi connectivity index (χ2v) is 8.80. The Labute approximate surface area is 224 Å². The fraction of sp³-hybridized carbons (Fsp3) is 0.417. The fourth-order valence-electron chi connectivity index (χ4n) is 3.84. The highest BCUT2D eigenvalue weighted by atomic mass is 16.4. The van der Waals surface area contributed by atoms with Gasteiger partial charge < -0.3 is 49.0 Å². The monoisotopic (exact) mass is 545 g/mol. The number of aliphatic imine (C=N–C) groups is 1. The van der Waals surface area contributed by atoms with Gasteiger partial charge in [0.15, 0.2) is 5.96 Å². The van der Waals surface area contributed by atoms with Gasteiger partial charge in [-0.2, -0.15) is 0 Å². The van der Waals surface area contributed by atoms with Crippen molar-refractivity contribution in [2.75, 3.05) is 13.1 Å². The Kier molecular flexibility index (Phi) is 11.7. The van der Waals surface area contributed by atoms with Gasteiger partial charge in [0.2, 0.25) is 23.6 Å². The number of carbonyl (C=O) groups is 5. The van der Waals surface area contributed by atoms with E-state index in [1.165, 1.54) is 0 Å². The highest BCUT2D eigenvalue weighted by molar-refractivity contribution is 5.94. The number of hydrogen-bond donors (Lipinski definition) is 9. The first kappa shape index (κ1) is 30.6. The van der Waals surface area contributed by atoms with Crippen LogP contribution in [0, 0.1) is 0 Å². The van der Waals surface area contributed by atoms with Gasteiger partial charge in [-0.3, -0.25) is 24.2 Å². The van der Waals surface area contributed by atoms with Crippen LogP contribution in [-0.4, -0.2) is 76.9 Å². The van der Waals surface area contributed by atoms with Crippen molar-refractivity contribution in [3.05, 3.63) is 36.0 Å². The maximum Gasteiger partial charge on any atom is 0.326 e. The standard InChI is InChI=1S/C24H35N9O6/c25-11-20(35)31-16(6-3-9-29-24(27)28)21(36)33-18(10-13-12-30-15-5-2-1-4-14(13)15)22(37)32-17(23(38)39)7-8-19(26)34/h1-2,4-5,12,16-18,30H,3,6-11,25H2,(H2,26,34)(H,31,35)(H,32,37)(H,33,36)(H,38,39)(H4,27,28,29). The Bertz CT molecular complexity index is 1210. The van der Waals surface area contributed by atoms with Crippen LogP contribution in [0.2, 0.25) is 0 Å². The summed E-state index contributed by atoms with van der Waals surface area (Å²) in [6.45, 7) is -0.166. The molecule has 0 spiro atoms. The molecule has 3 unspecified atom stereocenters. The lowest BCUT2D eigenvalue weighted by atomic mass is 10.0. The fourth-order valence-corrected chi connectivity index (χ4v) is 3.84. The molecule has 0 saturated heterocycles. The number of benzene rings is 1. The molecule has 0 aliphatic rings. The third-order valence-corrected chi connectivity index (χ3v) is 5.81. The average molecular weight is 546 g/mol. The number of aromatic amines is 1. The average Bonchev–Trinajstić information content (AvgIpc) is 3.29. The second-order valence-electron chi connectivity index (χ2n) is 8.80. The molecule has 0 bridgehead atoms. The molecule has 4 amide bonds. The number of fused-ring (bicyclic) bond motifs is 1. The number of para-hydroxylation sites is 1. The topological polar surface area (TPSA) is 274 Å². The summed E-state index contributed by atoms with van der Waals surface area (Å²) in [6, 6.07) is 3.59. The number of rotatable bonds is 16. The number of hydrogen-bond acceptors (Lipinski definition) is 7. The van der Waals surface area contributed by atoms with Gasteiger partial charge in [-0.25, -0.2) is 4.79 Å². The molecular weight excluding hydrogens is 510 g/mol. The van der Waals surface area contributed by atoms with E-state index < -0.39 is 47.7 Å². The van der Waals surface area contributed by atoms with E-state index in [4.69, 9.17) is 22.9 Å². The van der Waals surface area contributed by atoms with Crippen LogP contribution in [0.3, 0.4) is 0 Å². The normalized spacial score (nSPS) is 13.1. The molecular formula is C24H35N9O6. The van der Waals surface area contributed by atoms with Crippen LogP contribution < -0.4 is 38.9 Å². The summed E-state index contributed by atoms with van der Waals surface area (Å²) in [5.41, 5.74) is 22.6. The van der Waals surface area contributed by atoms with Crippen molar-refractivity contribution in [1.82, 2.24) is 20.9 Å². The number of amides is 4. The van der Waals surface area contributed by atoms with Crippen LogP contribution in [0.25, 0.3) is 10.9 Å². The van der Waals surface area contributed by atoms with Gasteiger partial charge in [0.05, 0.1) is 6.54 Å².